The summed E-state index contributed by atoms with van der Waals surface area (Å²) >= 11 is 1.59. The monoisotopic (exact) mass is 954 g/mol. The van der Waals surface area contributed by atoms with E-state index < -0.39 is 23.8 Å². The summed E-state index contributed by atoms with van der Waals surface area (Å²) in [5, 5.41) is 8.04. The van der Waals surface area contributed by atoms with Crippen molar-refractivity contribution in [2.75, 3.05) is 63.8 Å². The van der Waals surface area contributed by atoms with Crippen LogP contribution in [-0.4, -0.2) is 133 Å². The van der Waals surface area contributed by atoms with Gasteiger partial charge in [-0.3, -0.25) is 34.2 Å². The fraction of sp³-hybridized carbons (Fsp3) is 0.462. The van der Waals surface area contributed by atoms with Gasteiger partial charge in [0.1, 0.15) is 35.4 Å². The molecule has 2 unspecified atom stereocenters. The lowest BCUT2D eigenvalue weighted by atomic mass is 10.0. The number of hydrogen-bond acceptors (Lipinski definition) is 13. The third kappa shape index (κ3) is 11.3. The van der Waals surface area contributed by atoms with E-state index in [1.807, 2.05) is 70.2 Å². The lowest BCUT2D eigenvalue weighted by molar-refractivity contribution is -0.136. The second-order valence-corrected chi connectivity index (χ2v) is 19.7. The number of imide groups is 2. The number of hydrogen-bond donors (Lipinski definition) is 2. The van der Waals surface area contributed by atoms with Gasteiger partial charge in [-0.15, -0.1) is 11.8 Å². The van der Waals surface area contributed by atoms with Crippen LogP contribution in [0.5, 0.6) is 11.5 Å². The smallest absolute Gasteiger partial charge is 0.263 e. The Hall–Kier alpha value is -6.17. The number of piperazine rings is 1. The number of carbonyl (C=O) groups is 5. The summed E-state index contributed by atoms with van der Waals surface area (Å²) in [6, 6.07) is 21.8. The summed E-state index contributed by atoms with van der Waals surface area (Å²) in [7, 11) is 0. The second-order valence-electron chi connectivity index (χ2n) is 18.6. The number of unbranched alkanes of at least 4 members (excludes halogenated alkanes) is 6. The molecule has 4 aliphatic rings. The van der Waals surface area contributed by atoms with Gasteiger partial charge in [-0.2, -0.15) is 5.10 Å². The van der Waals surface area contributed by atoms with Gasteiger partial charge in [-0.25, -0.2) is 14.6 Å². The average molecular weight is 955 g/mol. The zero-order valence-corrected chi connectivity index (χ0v) is 40.0. The van der Waals surface area contributed by atoms with Crippen molar-refractivity contribution in [1.82, 2.24) is 44.7 Å². The summed E-state index contributed by atoms with van der Waals surface area (Å²) in [5.41, 5.74) is 9.44. The Morgan fingerprint density at radius 1 is 0.754 bits per heavy atom. The van der Waals surface area contributed by atoms with Crippen molar-refractivity contribution in [3.63, 3.8) is 0 Å². The van der Waals surface area contributed by atoms with Crippen molar-refractivity contribution in [2.45, 2.75) is 100 Å². The molecule has 5 aromatic rings. The summed E-state index contributed by atoms with van der Waals surface area (Å²) in [6.07, 6.45) is 13.1. The van der Waals surface area contributed by atoms with Crippen LogP contribution in [0.15, 0.2) is 84.0 Å². The fourth-order valence-electron chi connectivity index (χ4n) is 10.1. The number of carbonyl (C=O) groups excluding carboxylic acids is 5. The number of aromatic nitrogens is 4. The highest BCUT2D eigenvalue weighted by atomic mass is 32.2. The molecule has 3 saturated heterocycles. The number of thioether (sulfide) groups is 1. The number of anilines is 1. The van der Waals surface area contributed by atoms with Crippen molar-refractivity contribution in [2.24, 2.45) is 0 Å². The average Bonchev–Trinajstić information content (AvgIpc) is 3.88. The Bertz CT molecular complexity index is 2640. The van der Waals surface area contributed by atoms with E-state index in [2.05, 4.69) is 25.1 Å². The Kier molecular flexibility index (Phi) is 15.6. The number of ether oxygens (including phenoxy) is 1. The van der Waals surface area contributed by atoms with Crippen molar-refractivity contribution < 1.29 is 28.7 Å². The molecule has 0 saturated carbocycles. The molecule has 4 aliphatic heterocycles. The van der Waals surface area contributed by atoms with Crippen LogP contribution in [0.25, 0.3) is 22.3 Å². The lowest BCUT2D eigenvalue weighted by Gasteiger charge is -2.35. The molecule has 5 amide bonds. The molecule has 0 bridgehead atoms. The number of nitrogens with two attached hydrogens (primary N) is 1. The van der Waals surface area contributed by atoms with Crippen LogP contribution in [0.2, 0.25) is 0 Å². The first-order chi connectivity index (χ1) is 33.7. The molecule has 69 heavy (non-hydrogen) atoms. The van der Waals surface area contributed by atoms with Crippen LogP contribution in [-0.2, 0) is 14.4 Å². The predicted molar refractivity (Wildman–Crippen MR) is 265 cm³/mol. The molecule has 2 atom stereocenters. The van der Waals surface area contributed by atoms with Gasteiger partial charge in [-0.05, 0) is 106 Å². The molecule has 3 aromatic carbocycles. The maximum absolute atomic E-state index is 13.6. The van der Waals surface area contributed by atoms with Gasteiger partial charge < -0.3 is 25.2 Å². The Morgan fingerprint density at radius 2 is 1.46 bits per heavy atom. The first kappa shape index (κ1) is 47.9. The summed E-state index contributed by atoms with van der Waals surface area (Å²) < 4.78 is 7.96. The predicted octanol–water partition coefficient (Wildman–Crippen LogP) is 7.35. The van der Waals surface area contributed by atoms with Crippen molar-refractivity contribution >= 4 is 58.1 Å². The molecule has 2 aromatic heterocycles. The number of likely N-dealkylation sites (tertiary alicyclic amines) is 1. The van der Waals surface area contributed by atoms with Gasteiger partial charge in [0.05, 0.1) is 22.6 Å². The molecular formula is C52H62N10O6S. The number of rotatable bonds is 20. The normalized spacial score (nSPS) is 19.1. The van der Waals surface area contributed by atoms with Gasteiger partial charge in [0.25, 0.3) is 11.8 Å². The van der Waals surface area contributed by atoms with E-state index in [-0.39, 0.29) is 30.7 Å². The Morgan fingerprint density at radius 3 is 2.22 bits per heavy atom. The van der Waals surface area contributed by atoms with Gasteiger partial charge >= 0.3 is 0 Å². The molecule has 3 fully saturated rings. The number of nitrogens with one attached hydrogen (secondary N) is 1. The summed E-state index contributed by atoms with van der Waals surface area (Å²) in [5.74, 6) is 1.03. The van der Waals surface area contributed by atoms with E-state index in [0.29, 0.717) is 46.6 Å². The minimum absolute atomic E-state index is 0.0196. The molecule has 0 aliphatic carbocycles. The van der Waals surface area contributed by atoms with Crippen LogP contribution in [0.4, 0.5) is 5.82 Å². The zero-order valence-electron chi connectivity index (χ0n) is 39.2. The zero-order chi connectivity index (χ0) is 47.7. The maximum atomic E-state index is 13.6. The molecule has 16 nitrogen and oxygen atoms in total. The summed E-state index contributed by atoms with van der Waals surface area (Å²) in [4.78, 5) is 82.0. The standard InChI is InChI=1S/C52H62N10O6S/c53-48-46-47(36-20-22-39(23-21-36)68-38-15-7-6-8-16-38)57-62(49(46)55-35-54-48)37-14-12-28-60(34-37)44(64)19-13-27-59-31-29-58(30-32-59)26-9-4-2-1-3-5-10-33-69-42-18-11-17-40-45(42)52(67)61(51(40)66)41-24-25-43(63)56-50(41)65/h6-8,11,15-18,20-23,35,37,41H,1-5,9-10,12-14,19,24-34H2,(H2,53,54,55)(H,56,63,65). The lowest BCUT2D eigenvalue weighted by Crippen LogP contribution is -2.54. The minimum atomic E-state index is -0.954. The van der Waals surface area contributed by atoms with Gasteiger partial charge in [0.15, 0.2) is 5.65 Å². The van der Waals surface area contributed by atoms with Crippen LogP contribution in [0.1, 0.15) is 110 Å². The van der Waals surface area contributed by atoms with Gasteiger partial charge in [0, 0.05) is 62.6 Å². The van der Waals surface area contributed by atoms with Crippen LogP contribution in [0.3, 0.4) is 0 Å². The molecule has 0 spiro atoms. The number of para-hydroxylation sites is 1. The quantitative estimate of drug-likeness (QED) is 0.0448. The van der Waals surface area contributed by atoms with Gasteiger partial charge in [0.2, 0.25) is 17.7 Å². The number of nitrogens with zero attached hydrogens (tertiary/aromatic N) is 8. The van der Waals surface area contributed by atoms with Crippen molar-refractivity contribution in [3.05, 3.63) is 90.3 Å². The first-order valence-corrected chi connectivity index (χ1v) is 25.7. The number of fused-ring (bicyclic) bond motifs is 2. The second kappa shape index (κ2) is 22.5. The number of amides is 5. The van der Waals surface area contributed by atoms with Crippen molar-refractivity contribution in [1.29, 1.82) is 0 Å². The van der Waals surface area contributed by atoms with Crippen LogP contribution < -0.4 is 15.8 Å². The van der Waals surface area contributed by atoms with E-state index in [9.17, 15) is 24.0 Å². The number of benzene rings is 3. The first-order valence-electron chi connectivity index (χ1n) is 24.7. The molecule has 17 heteroatoms. The third-order valence-electron chi connectivity index (χ3n) is 13.9. The van der Waals surface area contributed by atoms with E-state index >= 15 is 0 Å². The number of nitrogen functional groups attached to an aromatic ring is 1. The largest absolute Gasteiger partial charge is 0.457 e. The molecule has 0 radical (unpaired) electrons. The Labute approximate surface area is 407 Å². The molecule has 3 N–H and O–H groups in total. The van der Waals surface area contributed by atoms with E-state index in [1.165, 1.54) is 38.4 Å². The van der Waals surface area contributed by atoms with Crippen molar-refractivity contribution in [3.8, 4) is 22.8 Å². The molecule has 362 valence electrons. The topological polar surface area (TPSA) is 189 Å². The Balaban J connectivity index is 0.637. The minimum Gasteiger partial charge on any atom is -0.457 e. The van der Waals surface area contributed by atoms with E-state index in [4.69, 9.17) is 15.6 Å². The van der Waals surface area contributed by atoms with Crippen LogP contribution in [0, 0.1) is 0 Å². The summed E-state index contributed by atoms with van der Waals surface area (Å²) in [6.45, 7) is 7.61. The SMILES string of the molecule is Nc1ncnc2c1c(-c1ccc(Oc3ccccc3)cc1)nn2C1CCCN(C(=O)CCCN2CCN(CCCCCCCCCSc3cccc4c3C(=O)N(C3CCC(=O)NC3=O)C4=O)CC2)C1. The van der Waals surface area contributed by atoms with Gasteiger partial charge in [-0.1, -0.05) is 56.4 Å². The third-order valence-corrected chi connectivity index (χ3v) is 15.0. The fourth-order valence-corrected chi connectivity index (χ4v) is 11.2. The maximum Gasteiger partial charge on any atom is 0.263 e. The molecule has 9 rings (SSSR count). The molecular weight excluding hydrogens is 893 g/mol. The highest BCUT2D eigenvalue weighted by Crippen LogP contribution is 2.37. The van der Waals surface area contributed by atoms with Crippen LogP contribution >= 0.6 is 11.8 Å². The van der Waals surface area contributed by atoms with E-state index in [1.54, 1.807) is 23.9 Å². The molecule has 6 heterocycles. The highest BCUT2D eigenvalue weighted by Gasteiger charge is 2.45. The highest BCUT2D eigenvalue weighted by molar-refractivity contribution is 7.99. The van der Waals surface area contributed by atoms with E-state index in [0.717, 1.165) is 111 Å². The number of piperidine rings is 2.